The van der Waals surface area contributed by atoms with Crippen molar-refractivity contribution in [2.75, 3.05) is 13.1 Å². The summed E-state index contributed by atoms with van der Waals surface area (Å²) in [4.78, 5) is 31.8. The Morgan fingerprint density at radius 3 is 2.71 bits per heavy atom. The van der Waals surface area contributed by atoms with Crippen LogP contribution in [0, 0.1) is 5.92 Å². The number of rotatable bonds is 2. The molecule has 0 saturated carbocycles. The zero-order chi connectivity index (χ0) is 12.4. The van der Waals surface area contributed by atoms with Crippen LogP contribution in [-0.2, 0) is 4.79 Å². The molecule has 0 bridgehead atoms. The third-order valence-electron chi connectivity index (χ3n) is 2.66. The van der Waals surface area contributed by atoms with Crippen molar-refractivity contribution in [1.82, 2.24) is 14.9 Å². The molecular weight excluding hydrogens is 246 g/mol. The Hall–Kier alpha value is -1.69. The van der Waals surface area contributed by atoms with E-state index in [0.29, 0.717) is 13.0 Å². The Morgan fingerprint density at radius 1 is 1.41 bits per heavy atom. The molecule has 17 heavy (non-hydrogen) atoms. The average Bonchev–Trinajstić information content (AvgIpc) is 2.78. The molecule has 1 aromatic heterocycles. The SMILES string of the molecule is O=C(O)C1CCN(C(=O)c2cnc(Cl)cn2)C1. The van der Waals surface area contributed by atoms with E-state index in [0.717, 1.165) is 0 Å². The number of amides is 1. The number of hydrogen-bond donors (Lipinski definition) is 1. The van der Waals surface area contributed by atoms with Crippen LogP contribution in [0.25, 0.3) is 0 Å². The maximum Gasteiger partial charge on any atom is 0.308 e. The second kappa shape index (κ2) is 4.67. The van der Waals surface area contributed by atoms with Gasteiger partial charge in [0.05, 0.1) is 18.3 Å². The average molecular weight is 256 g/mol. The number of carboxylic acid groups (broad SMARTS) is 1. The normalized spacial score (nSPS) is 19.4. The molecule has 1 unspecified atom stereocenters. The van der Waals surface area contributed by atoms with Gasteiger partial charge in [-0.25, -0.2) is 9.97 Å². The highest BCUT2D eigenvalue weighted by Crippen LogP contribution is 2.18. The number of carbonyl (C=O) groups excluding carboxylic acids is 1. The number of aliphatic carboxylic acids is 1. The molecule has 1 amide bonds. The van der Waals surface area contributed by atoms with Crippen molar-refractivity contribution < 1.29 is 14.7 Å². The Labute approximate surface area is 102 Å². The molecule has 1 aliphatic rings. The molecule has 0 aromatic carbocycles. The second-order valence-corrected chi connectivity index (χ2v) is 4.19. The number of nitrogens with zero attached hydrogens (tertiary/aromatic N) is 3. The molecule has 1 aliphatic heterocycles. The van der Waals surface area contributed by atoms with Crippen molar-refractivity contribution in [3.05, 3.63) is 23.2 Å². The summed E-state index contributed by atoms with van der Waals surface area (Å²) < 4.78 is 0. The van der Waals surface area contributed by atoms with Gasteiger partial charge in [-0.15, -0.1) is 0 Å². The predicted octanol–water partition coefficient (Wildman–Crippen LogP) is 0.677. The molecule has 90 valence electrons. The molecule has 1 aromatic rings. The lowest BCUT2D eigenvalue weighted by Gasteiger charge is -2.14. The zero-order valence-electron chi connectivity index (χ0n) is 8.84. The van der Waals surface area contributed by atoms with E-state index in [-0.39, 0.29) is 23.3 Å². The molecule has 6 nitrogen and oxygen atoms in total. The Kier molecular flexibility index (Phi) is 3.23. The fourth-order valence-corrected chi connectivity index (χ4v) is 1.83. The Bertz CT molecular complexity index is 449. The summed E-state index contributed by atoms with van der Waals surface area (Å²) in [5, 5.41) is 9.05. The van der Waals surface area contributed by atoms with Gasteiger partial charge < -0.3 is 10.0 Å². The van der Waals surface area contributed by atoms with Gasteiger partial charge in [-0.3, -0.25) is 9.59 Å². The lowest BCUT2D eigenvalue weighted by atomic mass is 10.1. The molecule has 1 atom stereocenters. The number of likely N-dealkylation sites (tertiary alicyclic amines) is 1. The topological polar surface area (TPSA) is 83.4 Å². The third-order valence-corrected chi connectivity index (χ3v) is 2.86. The van der Waals surface area contributed by atoms with Gasteiger partial charge in [0.15, 0.2) is 0 Å². The molecule has 0 radical (unpaired) electrons. The van der Waals surface area contributed by atoms with Gasteiger partial charge in [-0.1, -0.05) is 11.6 Å². The van der Waals surface area contributed by atoms with Crippen LogP contribution >= 0.6 is 11.6 Å². The third kappa shape index (κ3) is 2.52. The lowest BCUT2D eigenvalue weighted by molar-refractivity contribution is -0.141. The summed E-state index contributed by atoms with van der Waals surface area (Å²) in [7, 11) is 0. The predicted molar refractivity (Wildman–Crippen MR) is 58.7 cm³/mol. The van der Waals surface area contributed by atoms with Crippen molar-refractivity contribution in [1.29, 1.82) is 0 Å². The minimum Gasteiger partial charge on any atom is -0.481 e. The van der Waals surface area contributed by atoms with Gasteiger partial charge in [0, 0.05) is 13.1 Å². The first-order valence-corrected chi connectivity index (χ1v) is 5.45. The molecule has 1 N–H and O–H groups in total. The van der Waals surface area contributed by atoms with Crippen molar-refractivity contribution in [3.63, 3.8) is 0 Å². The van der Waals surface area contributed by atoms with E-state index in [1.807, 2.05) is 0 Å². The minimum atomic E-state index is -0.873. The minimum absolute atomic E-state index is 0.181. The molecule has 2 rings (SSSR count). The van der Waals surface area contributed by atoms with Gasteiger partial charge >= 0.3 is 5.97 Å². The number of carbonyl (C=O) groups is 2. The summed E-state index contributed by atoms with van der Waals surface area (Å²) in [5.74, 6) is -1.67. The maximum atomic E-state index is 11.9. The zero-order valence-corrected chi connectivity index (χ0v) is 9.59. The van der Waals surface area contributed by atoms with Crippen LogP contribution in [0.2, 0.25) is 5.15 Å². The number of halogens is 1. The van der Waals surface area contributed by atoms with Crippen molar-refractivity contribution in [3.8, 4) is 0 Å². The van der Waals surface area contributed by atoms with E-state index in [4.69, 9.17) is 16.7 Å². The van der Waals surface area contributed by atoms with Gasteiger partial charge in [0.2, 0.25) is 0 Å². The maximum absolute atomic E-state index is 11.9. The fourth-order valence-electron chi connectivity index (χ4n) is 1.73. The molecule has 0 aliphatic carbocycles. The number of carboxylic acids is 1. The molecule has 0 spiro atoms. The van der Waals surface area contributed by atoms with Gasteiger partial charge in [0.1, 0.15) is 10.8 Å². The van der Waals surface area contributed by atoms with E-state index in [9.17, 15) is 9.59 Å². The lowest BCUT2D eigenvalue weighted by Crippen LogP contribution is -2.30. The van der Waals surface area contributed by atoms with Crippen molar-refractivity contribution >= 4 is 23.5 Å². The number of hydrogen-bond acceptors (Lipinski definition) is 4. The standard InChI is InChI=1S/C10H10ClN3O3/c11-8-4-12-7(3-13-8)9(15)14-2-1-6(5-14)10(16)17/h3-4,6H,1-2,5H2,(H,16,17). The molecule has 1 fully saturated rings. The second-order valence-electron chi connectivity index (χ2n) is 3.80. The Balaban J connectivity index is 2.07. The van der Waals surface area contributed by atoms with E-state index in [1.165, 1.54) is 17.3 Å². The van der Waals surface area contributed by atoms with Crippen LogP contribution in [-0.4, -0.2) is 44.9 Å². The quantitative estimate of drug-likeness (QED) is 0.840. The van der Waals surface area contributed by atoms with E-state index in [2.05, 4.69) is 9.97 Å². The fraction of sp³-hybridized carbons (Fsp3) is 0.400. The van der Waals surface area contributed by atoms with Crippen LogP contribution in [0.1, 0.15) is 16.9 Å². The highest BCUT2D eigenvalue weighted by Gasteiger charge is 2.31. The summed E-state index contributed by atoms with van der Waals surface area (Å²) in [5.41, 5.74) is 0.181. The van der Waals surface area contributed by atoms with Gasteiger partial charge in [-0.2, -0.15) is 0 Å². The highest BCUT2D eigenvalue weighted by molar-refractivity contribution is 6.29. The first-order chi connectivity index (χ1) is 8.08. The molecular formula is C10H10ClN3O3. The summed E-state index contributed by atoms with van der Waals surface area (Å²) in [6.45, 7) is 0.651. The van der Waals surface area contributed by atoms with Crippen LogP contribution in [0.5, 0.6) is 0 Å². The van der Waals surface area contributed by atoms with Crippen LogP contribution < -0.4 is 0 Å². The molecule has 7 heteroatoms. The largest absolute Gasteiger partial charge is 0.481 e. The van der Waals surface area contributed by atoms with Crippen LogP contribution in [0.4, 0.5) is 0 Å². The first kappa shape index (κ1) is 11.8. The van der Waals surface area contributed by atoms with E-state index in [1.54, 1.807) is 0 Å². The van der Waals surface area contributed by atoms with Crippen molar-refractivity contribution in [2.24, 2.45) is 5.92 Å². The summed E-state index contributed by atoms with van der Waals surface area (Å²) >= 11 is 5.56. The molecule has 1 saturated heterocycles. The van der Waals surface area contributed by atoms with Gasteiger partial charge in [0.25, 0.3) is 5.91 Å². The van der Waals surface area contributed by atoms with E-state index < -0.39 is 11.9 Å². The molecule has 2 heterocycles. The van der Waals surface area contributed by atoms with Crippen molar-refractivity contribution in [2.45, 2.75) is 6.42 Å². The monoisotopic (exact) mass is 255 g/mol. The highest BCUT2D eigenvalue weighted by atomic mass is 35.5. The Morgan fingerprint density at radius 2 is 2.18 bits per heavy atom. The smallest absolute Gasteiger partial charge is 0.308 e. The van der Waals surface area contributed by atoms with Crippen LogP contribution in [0.3, 0.4) is 0 Å². The van der Waals surface area contributed by atoms with Crippen LogP contribution in [0.15, 0.2) is 12.4 Å². The number of aromatic nitrogens is 2. The summed E-state index contributed by atoms with van der Waals surface area (Å²) in [6, 6.07) is 0. The summed E-state index contributed by atoms with van der Waals surface area (Å²) in [6.07, 6.45) is 3.06. The van der Waals surface area contributed by atoms with Gasteiger partial charge in [-0.05, 0) is 6.42 Å². The first-order valence-electron chi connectivity index (χ1n) is 5.07. The van der Waals surface area contributed by atoms with E-state index >= 15 is 0 Å².